The first kappa shape index (κ1) is 9.45. The number of aromatic nitrogens is 1. The summed E-state index contributed by atoms with van der Waals surface area (Å²) in [4.78, 5) is 5.45. The zero-order chi connectivity index (χ0) is 10.3. The van der Waals surface area contributed by atoms with Gasteiger partial charge in [-0.25, -0.2) is 0 Å². The van der Waals surface area contributed by atoms with Gasteiger partial charge in [-0.15, -0.1) is 0 Å². The van der Waals surface area contributed by atoms with Crippen molar-refractivity contribution in [2.45, 2.75) is 19.3 Å². The van der Waals surface area contributed by atoms with E-state index in [1.54, 1.807) is 7.05 Å². The van der Waals surface area contributed by atoms with E-state index in [0.717, 1.165) is 6.20 Å². The number of hydrogen-bond donors (Lipinski definition) is 0. The smallest absolute Gasteiger partial charge is 0.298 e. The molecule has 1 aliphatic rings. The van der Waals surface area contributed by atoms with Gasteiger partial charge in [0.05, 0.1) is 5.56 Å². The van der Waals surface area contributed by atoms with Crippen LogP contribution in [0.15, 0.2) is 12.4 Å². The van der Waals surface area contributed by atoms with Crippen LogP contribution in [0.2, 0.25) is 0 Å². The molecule has 0 N–H and O–H groups in total. The molecule has 2 nitrogen and oxygen atoms in total. The van der Waals surface area contributed by atoms with Crippen LogP contribution in [0.25, 0.3) is 0 Å². The fourth-order valence-electron chi connectivity index (χ4n) is 1.71. The van der Waals surface area contributed by atoms with Crippen molar-refractivity contribution in [2.75, 3.05) is 7.05 Å². The van der Waals surface area contributed by atoms with E-state index in [1.165, 1.54) is 6.20 Å². The van der Waals surface area contributed by atoms with Gasteiger partial charge in [-0.05, 0) is 18.2 Å². The Morgan fingerprint density at radius 3 is 2.64 bits per heavy atom. The summed E-state index contributed by atoms with van der Waals surface area (Å²) in [6.45, 7) is 0.902. The van der Waals surface area contributed by atoms with E-state index in [2.05, 4.69) is 4.98 Å². The molecule has 1 aliphatic heterocycles. The highest BCUT2D eigenvalue weighted by atomic mass is 19.4. The lowest BCUT2D eigenvalue weighted by atomic mass is 10.1. The fourth-order valence-corrected chi connectivity index (χ4v) is 1.71. The van der Waals surface area contributed by atoms with Crippen molar-refractivity contribution in [3.05, 3.63) is 29.1 Å². The van der Waals surface area contributed by atoms with Gasteiger partial charge in [-0.2, -0.15) is 13.2 Å². The molecule has 5 heteroatoms. The maximum Gasteiger partial charge on any atom is 0.418 e. The lowest BCUT2D eigenvalue weighted by molar-refractivity contribution is -0.138. The Balaban J connectivity index is 2.50. The standard InChI is InChI=1S/C9H9F3N2/c1-14-4-6-2-13-3-8(7(6)5-14)9(10,11)12/h2-3H,4-5H2,1H3. The number of halogens is 3. The van der Waals surface area contributed by atoms with Crippen molar-refractivity contribution in [1.29, 1.82) is 0 Å². The molecule has 0 aromatic carbocycles. The van der Waals surface area contributed by atoms with E-state index >= 15 is 0 Å². The summed E-state index contributed by atoms with van der Waals surface area (Å²) in [5.41, 5.74) is 0.455. The van der Waals surface area contributed by atoms with Gasteiger partial charge in [-0.1, -0.05) is 0 Å². The molecule has 76 valence electrons. The van der Waals surface area contributed by atoms with Gasteiger partial charge in [-0.3, -0.25) is 9.88 Å². The van der Waals surface area contributed by atoms with Gasteiger partial charge in [0.2, 0.25) is 0 Å². The Labute approximate surface area is 79.4 Å². The third-order valence-corrected chi connectivity index (χ3v) is 2.32. The normalized spacial score (nSPS) is 17.1. The van der Waals surface area contributed by atoms with Crippen molar-refractivity contribution >= 4 is 0 Å². The van der Waals surface area contributed by atoms with E-state index < -0.39 is 11.7 Å². The maximum atomic E-state index is 12.5. The topological polar surface area (TPSA) is 16.1 Å². The summed E-state index contributed by atoms with van der Waals surface area (Å²) in [6.07, 6.45) is -1.88. The Morgan fingerprint density at radius 2 is 2.00 bits per heavy atom. The molecule has 0 unspecified atom stereocenters. The maximum absolute atomic E-state index is 12.5. The molecular weight excluding hydrogens is 193 g/mol. The first-order valence-corrected chi connectivity index (χ1v) is 4.20. The Kier molecular flexibility index (Phi) is 1.99. The number of nitrogens with zero attached hydrogens (tertiary/aromatic N) is 2. The number of pyridine rings is 1. The van der Waals surface area contributed by atoms with Crippen LogP contribution < -0.4 is 0 Å². The zero-order valence-corrected chi connectivity index (χ0v) is 7.60. The van der Waals surface area contributed by atoms with Crippen LogP contribution in [0, 0.1) is 0 Å². The van der Waals surface area contributed by atoms with Gasteiger partial charge in [0.15, 0.2) is 0 Å². The zero-order valence-electron chi connectivity index (χ0n) is 7.60. The number of fused-ring (bicyclic) bond motifs is 1. The van der Waals surface area contributed by atoms with E-state index in [9.17, 15) is 13.2 Å². The number of hydrogen-bond acceptors (Lipinski definition) is 2. The summed E-state index contributed by atoms with van der Waals surface area (Å²) < 4.78 is 37.5. The van der Waals surface area contributed by atoms with Crippen LogP contribution in [0.1, 0.15) is 16.7 Å². The molecule has 0 amide bonds. The highest BCUT2D eigenvalue weighted by Gasteiger charge is 2.36. The second-order valence-electron chi connectivity index (χ2n) is 3.49. The molecule has 2 heterocycles. The van der Waals surface area contributed by atoms with Crippen LogP contribution >= 0.6 is 0 Å². The minimum absolute atomic E-state index is 0.354. The number of alkyl halides is 3. The third kappa shape index (κ3) is 1.48. The van der Waals surface area contributed by atoms with Crippen LogP contribution in [0.3, 0.4) is 0 Å². The fraction of sp³-hybridized carbons (Fsp3) is 0.444. The third-order valence-electron chi connectivity index (χ3n) is 2.32. The van der Waals surface area contributed by atoms with Gasteiger partial charge in [0.1, 0.15) is 0 Å². The molecule has 0 radical (unpaired) electrons. The van der Waals surface area contributed by atoms with E-state index in [4.69, 9.17) is 0 Å². The Morgan fingerprint density at radius 1 is 1.29 bits per heavy atom. The van der Waals surface area contributed by atoms with Crippen molar-refractivity contribution in [1.82, 2.24) is 9.88 Å². The molecule has 0 saturated carbocycles. The van der Waals surface area contributed by atoms with Gasteiger partial charge < -0.3 is 0 Å². The highest BCUT2D eigenvalue weighted by molar-refractivity contribution is 5.36. The van der Waals surface area contributed by atoms with Crippen LogP contribution in [0.5, 0.6) is 0 Å². The average Bonchev–Trinajstić information content (AvgIpc) is 2.41. The average molecular weight is 202 g/mol. The van der Waals surface area contributed by atoms with Crippen molar-refractivity contribution in [3.63, 3.8) is 0 Å². The summed E-state index contributed by atoms with van der Waals surface area (Å²) in [5.74, 6) is 0. The second kappa shape index (κ2) is 2.95. The molecule has 14 heavy (non-hydrogen) atoms. The molecule has 0 bridgehead atoms. The first-order valence-electron chi connectivity index (χ1n) is 4.20. The summed E-state index contributed by atoms with van der Waals surface area (Å²) in [7, 11) is 1.79. The molecular formula is C9H9F3N2. The quantitative estimate of drug-likeness (QED) is 0.640. The van der Waals surface area contributed by atoms with Gasteiger partial charge in [0.25, 0.3) is 0 Å². The lowest BCUT2D eigenvalue weighted by Crippen LogP contribution is -2.11. The molecule has 0 saturated heterocycles. The summed E-state index contributed by atoms with van der Waals surface area (Å²) in [6, 6.07) is 0. The van der Waals surface area contributed by atoms with E-state index in [1.807, 2.05) is 4.90 Å². The SMILES string of the molecule is CN1Cc2cncc(C(F)(F)F)c2C1. The van der Waals surface area contributed by atoms with E-state index in [0.29, 0.717) is 24.2 Å². The van der Waals surface area contributed by atoms with Crippen LogP contribution in [0.4, 0.5) is 13.2 Å². The van der Waals surface area contributed by atoms with Crippen molar-refractivity contribution < 1.29 is 13.2 Å². The molecule has 1 aromatic heterocycles. The highest BCUT2D eigenvalue weighted by Crippen LogP contribution is 2.35. The minimum Gasteiger partial charge on any atom is -0.298 e. The second-order valence-corrected chi connectivity index (χ2v) is 3.49. The minimum atomic E-state index is -4.29. The van der Waals surface area contributed by atoms with Gasteiger partial charge in [0, 0.05) is 25.5 Å². The largest absolute Gasteiger partial charge is 0.418 e. The molecule has 0 spiro atoms. The summed E-state index contributed by atoms with van der Waals surface area (Å²) >= 11 is 0. The Hall–Kier alpha value is -1.10. The van der Waals surface area contributed by atoms with E-state index in [-0.39, 0.29) is 0 Å². The van der Waals surface area contributed by atoms with Crippen LogP contribution in [-0.2, 0) is 19.3 Å². The molecule has 0 fully saturated rings. The summed E-state index contributed by atoms with van der Waals surface area (Å²) in [5, 5.41) is 0. The lowest BCUT2D eigenvalue weighted by Gasteiger charge is -2.10. The van der Waals surface area contributed by atoms with Gasteiger partial charge >= 0.3 is 6.18 Å². The first-order chi connectivity index (χ1) is 6.48. The number of rotatable bonds is 0. The molecule has 1 aromatic rings. The van der Waals surface area contributed by atoms with Crippen molar-refractivity contribution in [3.8, 4) is 0 Å². The monoisotopic (exact) mass is 202 g/mol. The van der Waals surface area contributed by atoms with Crippen LogP contribution in [-0.4, -0.2) is 16.9 Å². The van der Waals surface area contributed by atoms with Crippen molar-refractivity contribution in [2.24, 2.45) is 0 Å². The molecule has 0 aliphatic carbocycles. The molecule has 2 rings (SSSR count). The Bertz CT molecular complexity index is 360. The molecule has 0 atom stereocenters. The predicted octanol–water partition coefficient (Wildman–Crippen LogP) is 2.05. The predicted molar refractivity (Wildman–Crippen MR) is 44.4 cm³/mol.